The van der Waals surface area contributed by atoms with E-state index >= 15 is 4.39 Å². The van der Waals surface area contributed by atoms with Gasteiger partial charge < -0.3 is 20.1 Å². The van der Waals surface area contributed by atoms with Crippen molar-refractivity contribution in [2.24, 2.45) is 5.92 Å². The van der Waals surface area contributed by atoms with E-state index in [1.165, 1.54) is 22.8 Å². The number of carbonyl (C=O) groups is 1. The summed E-state index contributed by atoms with van der Waals surface area (Å²) in [7, 11) is 0. The van der Waals surface area contributed by atoms with Crippen LogP contribution >= 0.6 is 0 Å². The molecule has 3 saturated carbocycles. The summed E-state index contributed by atoms with van der Waals surface area (Å²) in [5.41, 5.74) is 1.37. The molecule has 1 amide bonds. The van der Waals surface area contributed by atoms with Crippen molar-refractivity contribution in [1.29, 1.82) is 0 Å². The molecular formula is C25H22F3N7O3. The van der Waals surface area contributed by atoms with Crippen molar-refractivity contribution in [3.63, 3.8) is 0 Å². The number of hydrogen-bond acceptors (Lipinski definition) is 7. The minimum atomic E-state index is -1.58. The lowest BCUT2D eigenvalue weighted by atomic mass is 9.50. The van der Waals surface area contributed by atoms with Crippen LogP contribution in [-0.4, -0.2) is 55.3 Å². The average molecular weight is 525 g/mol. The number of alkyl carbamates (subject to hydrolysis) is 1. The Morgan fingerprint density at radius 1 is 1.16 bits per heavy atom. The number of anilines is 2. The van der Waals surface area contributed by atoms with Gasteiger partial charge in [0.05, 0.1) is 18.0 Å². The molecule has 8 rings (SSSR count). The maximum atomic E-state index is 15.1. The maximum Gasteiger partial charge on any atom is 0.408 e. The molecule has 4 aromatic rings. The highest BCUT2D eigenvalue weighted by Gasteiger charge is 2.58. The molecule has 38 heavy (non-hydrogen) atoms. The van der Waals surface area contributed by atoms with Gasteiger partial charge in [0.2, 0.25) is 0 Å². The van der Waals surface area contributed by atoms with Crippen LogP contribution in [0, 0.1) is 17.6 Å². The number of hydrogen-bond donors (Lipinski definition) is 3. The molecule has 0 radical (unpaired) electrons. The Hall–Kier alpha value is -4.13. The van der Waals surface area contributed by atoms with Gasteiger partial charge in [0.25, 0.3) is 0 Å². The second-order valence-electron chi connectivity index (χ2n) is 10.2. The number of benzene rings is 1. The highest BCUT2D eigenvalue weighted by molar-refractivity contribution is 5.77. The fourth-order valence-electron chi connectivity index (χ4n) is 5.48. The van der Waals surface area contributed by atoms with Gasteiger partial charge in [-0.25, -0.2) is 27.5 Å². The molecule has 3 N–H and O–H groups in total. The van der Waals surface area contributed by atoms with Gasteiger partial charge in [-0.1, -0.05) is 0 Å². The molecule has 4 aliphatic rings. The lowest BCUT2D eigenvalue weighted by Crippen LogP contribution is -2.68. The van der Waals surface area contributed by atoms with E-state index < -0.39 is 36.1 Å². The summed E-state index contributed by atoms with van der Waals surface area (Å²) < 4.78 is 54.9. The first-order valence-electron chi connectivity index (χ1n) is 12.2. The number of carbonyl (C=O) groups excluding carboxylic acids is 1. The van der Waals surface area contributed by atoms with Crippen LogP contribution in [0.1, 0.15) is 31.1 Å². The minimum absolute atomic E-state index is 0.0726. The molecule has 0 unspecified atom stereocenters. The van der Waals surface area contributed by atoms with Crippen LogP contribution in [0.15, 0.2) is 42.7 Å². The largest absolute Gasteiger partial charge is 0.441 e. The standard InChI is InChI=1S/C25H22F3N7O3/c26-14-3-13(4-15(27)5-14)16-6-18-23(29-1-2-35(18)34-16)30-20-7-17(32-33-20)22-21(28)19(11-37-22)38-24(36)31-25-8-12(9-25)10-25/h1-7,12,19,21-22H,8-11H2,(H,31,36)(H2,29,30,32,33)/t12?,19-,21-,22-,25?/m0/s1. The Bertz CT molecular complexity index is 1520. The summed E-state index contributed by atoms with van der Waals surface area (Å²) in [6, 6.07) is 6.38. The van der Waals surface area contributed by atoms with E-state index in [1.807, 2.05) is 0 Å². The van der Waals surface area contributed by atoms with Gasteiger partial charge in [-0.2, -0.15) is 10.2 Å². The predicted molar refractivity (Wildman–Crippen MR) is 127 cm³/mol. The first-order chi connectivity index (χ1) is 18.3. The number of fused-ring (bicyclic) bond motifs is 1. The van der Waals surface area contributed by atoms with Crippen LogP contribution in [0.4, 0.5) is 29.6 Å². The van der Waals surface area contributed by atoms with Gasteiger partial charge in [-0.15, -0.1) is 0 Å². The third kappa shape index (κ3) is 3.93. The number of alkyl halides is 1. The Labute approximate surface area is 213 Å². The van der Waals surface area contributed by atoms with Crippen molar-refractivity contribution in [2.75, 3.05) is 11.9 Å². The number of aromatic amines is 1. The first kappa shape index (κ1) is 23.0. The van der Waals surface area contributed by atoms with Gasteiger partial charge in [0.1, 0.15) is 23.3 Å². The van der Waals surface area contributed by atoms with Gasteiger partial charge in [0.15, 0.2) is 23.9 Å². The fourth-order valence-corrected chi connectivity index (χ4v) is 5.48. The van der Waals surface area contributed by atoms with Crippen molar-refractivity contribution < 1.29 is 27.4 Å². The molecule has 2 bridgehead atoms. The van der Waals surface area contributed by atoms with Crippen molar-refractivity contribution in [1.82, 2.24) is 30.1 Å². The fraction of sp³-hybridized carbons (Fsp3) is 0.360. The number of H-pyrrole nitrogens is 1. The van der Waals surface area contributed by atoms with Crippen LogP contribution in [0.5, 0.6) is 0 Å². The van der Waals surface area contributed by atoms with Crippen molar-refractivity contribution in [3.05, 3.63) is 60.1 Å². The smallest absolute Gasteiger partial charge is 0.408 e. The van der Waals surface area contributed by atoms with Crippen LogP contribution in [0.25, 0.3) is 16.8 Å². The molecule has 3 aliphatic carbocycles. The Kier molecular flexibility index (Phi) is 5.12. The highest BCUT2D eigenvalue weighted by atomic mass is 19.1. The van der Waals surface area contributed by atoms with E-state index in [0.717, 1.165) is 25.3 Å². The second-order valence-corrected chi connectivity index (χ2v) is 10.2. The zero-order chi connectivity index (χ0) is 26.0. The number of halogens is 3. The van der Waals surface area contributed by atoms with E-state index in [-0.39, 0.29) is 17.7 Å². The number of nitrogens with zero attached hydrogens (tertiary/aromatic N) is 4. The molecule has 13 heteroatoms. The average Bonchev–Trinajstić information content (AvgIpc) is 3.55. The van der Waals surface area contributed by atoms with E-state index in [2.05, 4.69) is 30.9 Å². The second kappa shape index (κ2) is 8.45. The lowest BCUT2D eigenvalue weighted by Gasteiger charge is -2.61. The lowest BCUT2D eigenvalue weighted by molar-refractivity contribution is -0.0528. The third-order valence-electron chi connectivity index (χ3n) is 7.45. The molecule has 1 saturated heterocycles. The van der Waals surface area contributed by atoms with Gasteiger partial charge in [0, 0.05) is 35.6 Å². The summed E-state index contributed by atoms with van der Waals surface area (Å²) in [6.45, 7) is -0.0726. The Morgan fingerprint density at radius 3 is 2.68 bits per heavy atom. The molecule has 196 valence electrons. The summed E-state index contributed by atoms with van der Waals surface area (Å²) in [6.07, 6.45) is 1.77. The van der Waals surface area contributed by atoms with Crippen molar-refractivity contribution >= 4 is 23.2 Å². The first-order valence-corrected chi connectivity index (χ1v) is 12.2. The summed E-state index contributed by atoms with van der Waals surface area (Å²) in [5.74, 6) is -0.0113. The van der Waals surface area contributed by atoms with Gasteiger partial charge >= 0.3 is 6.09 Å². The van der Waals surface area contributed by atoms with Crippen LogP contribution in [-0.2, 0) is 9.47 Å². The zero-order valence-electron chi connectivity index (χ0n) is 19.8. The Morgan fingerprint density at radius 2 is 1.95 bits per heavy atom. The monoisotopic (exact) mass is 525 g/mol. The molecule has 0 spiro atoms. The van der Waals surface area contributed by atoms with Crippen LogP contribution < -0.4 is 10.6 Å². The normalized spacial score (nSPS) is 27.6. The minimum Gasteiger partial charge on any atom is -0.441 e. The van der Waals surface area contributed by atoms with Crippen molar-refractivity contribution in [3.8, 4) is 11.3 Å². The summed E-state index contributed by atoms with van der Waals surface area (Å²) in [4.78, 5) is 16.5. The van der Waals surface area contributed by atoms with E-state index in [4.69, 9.17) is 9.47 Å². The number of aromatic nitrogens is 5. The van der Waals surface area contributed by atoms with Crippen LogP contribution in [0.3, 0.4) is 0 Å². The number of rotatable bonds is 6. The summed E-state index contributed by atoms with van der Waals surface area (Å²) >= 11 is 0. The van der Waals surface area contributed by atoms with E-state index in [0.29, 0.717) is 34.5 Å². The van der Waals surface area contributed by atoms with Crippen LogP contribution in [0.2, 0.25) is 0 Å². The maximum absolute atomic E-state index is 15.1. The molecule has 4 fully saturated rings. The number of ether oxygens (including phenoxy) is 2. The van der Waals surface area contributed by atoms with E-state index in [9.17, 15) is 13.6 Å². The number of nitrogens with one attached hydrogen (secondary N) is 3. The predicted octanol–water partition coefficient (Wildman–Crippen LogP) is 4.20. The molecule has 1 aromatic carbocycles. The SMILES string of the molecule is O=C(NC12CC(C1)C2)O[C@H]1CO[C@@H](c2cc(Nc3nccn4nc(-c5cc(F)cc(F)c5)cc34)n[nH]2)[C@H]1F. The topological polar surface area (TPSA) is 118 Å². The molecule has 3 atom stereocenters. The van der Waals surface area contributed by atoms with Crippen molar-refractivity contribution in [2.45, 2.75) is 43.2 Å². The highest BCUT2D eigenvalue weighted by Crippen LogP contribution is 2.57. The Balaban J connectivity index is 1.05. The quantitative estimate of drug-likeness (QED) is 0.345. The van der Waals surface area contributed by atoms with Gasteiger partial charge in [-0.3, -0.25) is 5.10 Å². The molecule has 1 aliphatic heterocycles. The van der Waals surface area contributed by atoms with E-state index in [1.54, 1.807) is 18.3 Å². The molecule has 4 heterocycles. The van der Waals surface area contributed by atoms with Gasteiger partial charge in [-0.05, 0) is 43.4 Å². The summed E-state index contributed by atoms with van der Waals surface area (Å²) in [5, 5.41) is 17.2. The molecular weight excluding hydrogens is 503 g/mol. The third-order valence-corrected chi connectivity index (χ3v) is 7.45. The number of amides is 1. The molecule has 3 aromatic heterocycles. The zero-order valence-corrected chi connectivity index (χ0v) is 19.8. The molecule has 10 nitrogen and oxygen atoms in total.